The van der Waals surface area contributed by atoms with E-state index in [1.807, 2.05) is 0 Å². The van der Waals surface area contributed by atoms with Gasteiger partial charge in [0.05, 0.1) is 15.1 Å². The van der Waals surface area contributed by atoms with E-state index in [0.717, 1.165) is 12.1 Å². The van der Waals surface area contributed by atoms with Crippen molar-refractivity contribution in [3.8, 4) is 5.75 Å². The predicted octanol–water partition coefficient (Wildman–Crippen LogP) is 3.09. The second-order valence-electron chi connectivity index (χ2n) is 3.79. The lowest BCUT2D eigenvalue weighted by Crippen LogP contribution is -2.12. The highest BCUT2D eigenvalue weighted by molar-refractivity contribution is 9.10. The quantitative estimate of drug-likeness (QED) is 0.514. The van der Waals surface area contributed by atoms with Gasteiger partial charge in [0.2, 0.25) is 11.5 Å². The largest absolute Gasteiger partial charge is 0.478 e. The van der Waals surface area contributed by atoms with Gasteiger partial charge < -0.3 is 9.72 Å². The Labute approximate surface area is 120 Å². The molecule has 1 aromatic carbocycles. The van der Waals surface area contributed by atoms with E-state index in [9.17, 15) is 19.3 Å². The zero-order valence-electron chi connectivity index (χ0n) is 9.93. The lowest BCUT2D eigenvalue weighted by molar-refractivity contribution is -0.385. The summed E-state index contributed by atoms with van der Waals surface area (Å²) in [6.07, 6.45) is 1.56. The number of nitro groups is 1. The van der Waals surface area contributed by atoms with Crippen molar-refractivity contribution in [2.45, 2.75) is 0 Å². The Hall–Kier alpha value is -2.22. The molecule has 0 radical (unpaired) electrons. The number of ether oxygens (including phenoxy) is 1. The van der Waals surface area contributed by atoms with Gasteiger partial charge in [0.15, 0.2) is 6.61 Å². The highest BCUT2D eigenvalue weighted by Crippen LogP contribution is 2.32. The maximum atomic E-state index is 13.4. The third-order valence-corrected chi connectivity index (χ3v) is 3.06. The van der Waals surface area contributed by atoms with Gasteiger partial charge in [0.25, 0.3) is 0 Å². The Bertz CT molecular complexity index is 658. The molecule has 20 heavy (non-hydrogen) atoms. The number of carbonyl (C=O) groups is 1. The Balaban J connectivity index is 2.19. The number of aromatic nitrogens is 1. The number of nitrogens with zero attached hydrogens (tertiary/aromatic N) is 1. The number of nitrogens with one attached hydrogen (secondary N) is 1. The van der Waals surface area contributed by atoms with Crippen LogP contribution in [0.4, 0.5) is 10.1 Å². The highest BCUT2D eigenvalue weighted by Gasteiger charge is 2.20. The van der Waals surface area contributed by atoms with Gasteiger partial charge in [-0.05, 0) is 28.1 Å². The molecule has 0 amide bonds. The second kappa shape index (κ2) is 5.83. The summed E-state index contributed by atoms with van der Waals surface area (Å²) in [6, 6.07) is 5.03. The smallest absolute Gasteiger partial charge is 0.312 e. The van der Waals surface area contributed by atoms with E-state index in [0.29, 0.717) is 5.69 Å². The molecule has 8 heteroatoms. The average molecular weight is 343 g/mol. The van der Waals surface area contributed by atoms with Gasteiger partial charge in [-0.25, -0.2) is 4.39 Å². The Morgan fingerprint density at radius 1 is 1.50 bits per heavy atom. The summed E-state index contributed by atoms with van der Waals surface area (Å²) >= 11 is 2.85. The van der Waals surface area contributed by atoms with Crippen molar-refractivity contribution in [2.75, 3.05) is 6.61 Å². The van der Waals surface area contributed by atoms with Crippen molar-refractivity contribution in [3.05, 3.63) is 56.6 Å². The first-order valence-corrected chi connectivity index (χ1v) is 6.21. The summed E-state index contributed by atoms with van der Waals surface area (Å²) in [6.45, 7) is -0.428. The van der Waals surface area contributed by atoms with E-state index in [-0.39, 0.29) is 10.2 Å². The number of H-pyrrole nitrogens is 1. The van der Waals surface area contributed by atoms with Crippen LogP contribution >= 0.6 is 15.9 Å². The van der Waals surface area contributed by atoms with E-state index in [2.05, 4.69) is 20.9 Å². The van der Waals surface area contributed by atoms with Crippen LogP contribution in [0.3, 0.4) is 0 Å². The molecule has 0 fully saturated rings. The summed E-state index contributed by atoms with van der Waals surface area (Å²) in [4.78, 5) is 24.5. The molecule has 0 saturated heterocycles. The van der Waals surface area contributed by atoms with Crippen LogP contribution in [0.2, 0.25) is 0 Å². The van der Waals surface area contributed by atoms with Crippen molar-refractivity contribution in [1.82, 2.24) is 4.98 Å². The number of aromatic amines is 1. The molecular formula is C12H8BrFN2O4. The molecule has 0 aliphatic carbocycles. The van der Waals surface area contributed by atoms with Crippen LogP contribution < -0.4 is 4.74 Å². The molecular weight excluding hydrogens is 335 g/mol. The fraction of sp³-hybridized carbons (Fsp3) is 0.0833. The number of benzene rings is 1. The number of halogens is 2. The number of hydrogen-bond acceptors (Lipinski definition) is 4. The molecule has 104 valence electrons. The van der Waals surface area contributed by atoms with Crippen LogP contribution in [0.15, 0.2) is 34.9 Å². The fourth-order valence-electron chi connectivity index (χ4n) is 1.50. The van der Waals surface area contributed by atoms with Crippen LogP contribution in [0, 0.1) is 15.9 Å². The molecule has 1 N–H and O–H groups in total. The molecule has 2 rings (SSSR count). The van der Waals surface area contributed by atoms with Crippen LogP contribution in [0.25, 0.3) is 0 Å². The van der Waals surface area contributed by atoms with E-state index in [4.69, 9.17) is 4.74 Å². The summed E-state index contributed by atoms with van der Waals surface area (Å²) in [5.74, 6) is -1.40. The molecule has 0 aliphatic heterocycles. The summed E-state index contributed by atoms with van der Waals surface area (Å²) in [5.41, 5.74) is -0.109. The van der Waals surface area contributed by atoms with Gasteiger partial charge in [-0.3, -0.25) is 14.9 Å². The number of rotatable bonds is 5. The predicted molar refractivity (Wildman–Crippen MR) is 71.4 cm³/mol. The van der Waals surface area contributed by atoms with E-state index >= 15 is 0 Å². The fourth-order valence-corrected chi connectivity index (χ4v) is 1.83. The molecule has 0 atom stereocenters. The molecule has 0 spiro atoms. The van der Waals surface area contributed by atoms with Crippen LogP contribution in [-0.4, -0.2) is 22.3 Å². The van der Waals surface area contributed by atoms with Gasteiger partial charge >= 0.3 is 5.69 Å². The maximum absolute atomic E-state index is 13.4. The van der Waals surface area contributed by atoms with Crippen molar-refractivity contribution in [3.63, 3.8) is 0 Å². The number of hydrogen-bond donors (Lipinski definition) is 1. The molecule has 1 heterocycles. The number of carbonyl (C=O) groups excluding carboxylic acids is 1. The Kier molecular flexibility index (Phi) is 4.14. The van der Waals surface area contributed by atoms with Gasteiger partial charge in [0, 0.05) is 18.3 Å². The van der Waals surface area contributed by atoms with Crippen molar-refractivity contribution >= 4 is 27.4 Å². The minimum absolute atomic E-state index is 0.0488. The zero-order valence-corrected chi connectivity index (χ0v) is 11.5. The number of Topliss-reactive ketones (excluding diaryl/α,β-unsaturated/α-hetero) is 1. The molecule has 0 aliphatic rings. The molecule has 0 unspecified atom stereocenters. The van der Waals surface area contributed by atoms with E-state index in [1.54, 1.807) is 18.3 Å². The van der Waals surface area contributed by atoms with Gasteiger partial charge in [-0.1, -0.05) is 0 Å². The molecule has 0 saturated carbocycles. The number of ketones is 1. The highest BCUT2D eigenvalue weighted by atomic mass is 79.9. The standard InChI is InChI=1S/C12H8BrFN2O4/c13-7-4-10(16(18)19)12(5-8(7)14)20-6-11(17)9-2-1-3-15-9/h1-5,15H,6H2. The SMILES string of the molecule is O=C(COc1cc(F)c(Br)cc1[N+](=O)[O-])c1ccc[nH]1. The monoisotopic (exact) mass is 342 g/mol. The first kappa shape index (κ1) is 14.2. The lowest BCUT2D eigenvalue weighted by atomic mass is 10.2. The molecule has 1 aromatic heterocycles. The van der Waals surface area contributed by atoms with Gasteiger partial charge in [-0.2, -0.15) is 0 Å². The van der Waals surface area contributed by atoms with E-state index in [1.165, 1.54) is 0 Å². The minimum atomic E-state index is -0.710. The lowest BCUT2D eigenvalue weighted by Gasteiger charge is -2.06. The first-order valence-electron chi connectivity index (χ1n) is 5.42. The van der Waals surface area contributed by atoms with Crippen molar-refractivity contribution in [1.29, 1.82) is 0 Å². The summed E-state index contributed by atoms with van der Waals surface area (Å²) < 4.78 is 18.4. The van der Waals surface area contributed by atoms with E-state index < -0.39 is 28.8 Å². The molecule has 0 bridgehead atoms. The molecule has 2 aromatic rings. The number of nitro benzene ring substituents is 1. The van der Waals surface area contributed by atoms with Crippen molar-refractivity contribution in [2.24, 2.45) is 0 Å². The van der Waals surface area contributed by atoms with Gasteiger partial charge in [0.1, 0.15) is 5.82 Å². The van der Waals surface area contributed by atoms with Crippen LogP contribution in [-0.2, 0) is 0 Å². The Morgan fingerprint density at radius 2 is 2.25 bits per heavy atom. The third-order valence-electron chi connectivity index (χ3n) is 2.46. The van der Waals surface area contributed by atoms with Crippen LogP contribution in [0.1, 0.15) is 10.5 Å². The molecule has 6 nitrogen and oxygen atoms in total. The zero-order chi connectivity index (χ0) is 14.7. The van der Waals surface area contributed by atoms with Gasteiger partial charge in [-0.15, -0.1) is 0 Å². The summed E-state index contributed by atoms with van der Waals surface area (Å²) in [5, 5.41) is 10.8. The first-order chi connectivity index (χ1) is 9.49. The topological polar surface area (TPSA) is 85.2 Å². The van der Waals surface area contributed by atoms with Crippen molar-refractivity contribution < 1.29 is 18.8 Å². The second-order valence-corrected chi connectivity index (χ2v) is 4.64. The van der Waals surface area contributed by atoms with Crippen LogP contribution in [0.5, 0.6) is 5.75 Å². The Morgan fingerprint density at radius 3 is 2.85 bits per heavy atom. The minimum Gasteiger partial charge on any atom is -0.478 e. The average Bonchev–Trinajstić information content (AvgIpc) is 2.93. The maximum Gasteiger partial charge on any atom is 0.312 e. The normalized spacial score (nSPS) is 10.3. The third kappa shape index (κ3) is 3.02. The summed E-state index contributed by atoms with van der Waals surface area (Å²) in [7, 11) is 0.